The molecule has 160 valence electrons. The number of fused-ring (bicyclic) bond motifs is 3. The van der Waals surface area contributed by atoms with Crippen LogP contribution in [0.4, 0.5) is 17.6 Å². The maximum atomic E-state index is 14.1. The molecule has 1 aliphatic rings. The molecule has 0 saturated carbocycles. The quantitative estimate of drug-likeness (QED) is 0.341. The maximum Gasteiger partial charge on any atom is 0.422 e. The van der Waals surface area contributed by atoms with E-state index in [1.807, 2.05) is 0 Å². The molecule has 0 spiro atoms. The van der Waals surface area contributed by atoms with E-state index in [0.29, 0.717) is 35.2 Å². The highest BCUT2D eigenvalue weighted by atomic mass is 19.4. The van der Waals surface area contributed by atoms with E-state index in [2.05, 4.69) is 16.9 Å². The second-order valence-corrected chi connectivity index (χ2v) is 7.18. The first-order valence-corrected chi connectivity index (χ1v) is 9.57. The molecular formula is C23H18F4N2O2. The van der Waals surface area contributed by atoms with Gasteiger partial charge >= 0.3 is 6.18 Å². The summed E-state index contributed by atoms with van der Waals surface area (Å²) in [5.41, 5.74) is 1.31. The average Bonchev–Trinajstić information content (AvgIpc) is 3.34. The number of hydrogen-bond acceptors (Lipinski definition) is 4. The zero-order chi connectivity index (χ0) is 22.3. The predicted molar refractivity (Wildman–Crippen MR) is 108 cm³/mol. The first-order valence-electron chi connectivity index (χ1n) is 9.57. The SMILES string of the molecule is C=C/C(=C\C=C/C)c1noc(-c2onc3c2CCc2cc(C)c(F)cc2-3)c1C(F)(F)F. The van der Waals surface area contributed by atoms with Crippen LogP contribution in [0, 0.1) is 12.7 Å². The Hall–Kier alpha value is -3.42. The van der Waals surface area contributed by atoms with E-state index in [0.717, 1.165) is 5.56 Å². The van der Waals surface area contributed by atoms with Crippen molar-refractivity contribution in [1.29, 1.82) is 0 Å². The van der Waals surface area contributed by atoms with Crippen LogP contribution in [-0.4, -0.2) is 10.3 Å². The van der Waals surface area contributed by atoms with Crippen molar-refractivity contribution < 1.29 is 26.6 Å². The predicted octanol–water partition coefficient (Wildman–Crippen LogP) is 6.71. The summed E-state index contributed by atoms with van der Waals surface area (Å²) >= 11 is 0. The van der Waals surface area contributed by atoms with Crippen molar-refractivity contribution in [3.8, 4) is 22.8 Å². The summed E-state index contributed by atoms with van der Waals surface area (Å²) in [5, 5.41) is 7.61. The smallest absolute Gasteiger partial charge is 0.352 e. The van der Waals surface area contributed by atoms with Crippen LogP contribution in [0.2, 0.25) is 0 Å². The Morgan fingerprint density at radius 1 is 1.13 bits per heavy atom. The second-order valence-electron chi connectivity index (χ2n) is 7.18. The molecular weight excluding hydrogens is 412 g/mol. The normalized spacial score (nSPS) is 14.1. The van der Waals surface area contributed by atoms with Gasteiger partial charge < -0.3 is 9.05 Å². The molecule has 8 heteroatoms. The lowest BCUT2D eigenvalue weighted by Gasteiger charge is -2.16. The van der Waals surface area contributed by atoms with E-state index < -0.39 is 29.0 Å². The summed E-state index contributed by atoms with van der Waals surface area (Å²) in [5.74, 6) is -1.12. The second kappa shape index (κ2) is 7.68. The van der Waals surface area contributed by atoms with Crippen LogP contribution in [0.25, 0.3) is 28.4 Å². The standard InChI is InChI=1S/C23H18F4N2O2/c1-4-6-7-13(5-2)19-18(23(25,26)27)22(31-28-19)21-15-9-8-14-10-12(3)17(24)11-16(14)20(15)29-30-21/h4-7,10-11H,2,8-9H2,1,3H3/b6-4-,13-7+. The van der Waals surface area contributed by atoms with Gasteiger partial charge in [0.1, 0.15) is 22.8 Å². The van der Waals surface area contributed by atoms with Crippen molar-refractivity contribution in [3.63, 3.8) is 0 Å². The minimum atomic E-state index is -4.77. The Labute approximate surface area is 175 Å². The lowest BCUT2D eigenvalue weighted by Crippen LogP contribution is -2.09. The minimum absolute atomic E-state index is 0.150. The molecule has 0 saturated heterocycles. The number of aryl methyl sites for hydroxylation is 2. The van der Waals surface area contributed by atoms with Gasteiger partial charge in [-0.15, -0.1) is 0 Å². The van der Waals surface area contributed by atoms with Crippen molar-refractivity contribution in [2.45, 2.75) is 32.9 Å². The van der Waals surface area contributed by atoms with E-state index in [1.165, 1.54) is 18.2 Å². The van der Waals surface area contributed by atoms with E-state index >= 15 is 0 Å². The summed E-state index contributed by atoms with van der Waals surface area (Å²) < 4.78 is 66.7. The van der Waals surface area contributed by atoms with Gasteiger partial charge in [-0.25, -0.2) is 4.39 Å². The fourth-order valence-corrected chi connectivity index (χ4v) is 3.71. The number of alkyl halides is 3. The van der Waals surface area contributed by atoms with Crippen LogP contribution >= 0.6 is 0 Å². The Kier molecular flexibility index (Phi) is 5.16. The molecule has 4 rings (SSSR count). The molecule has 1 aliphatic carbocycles. The topological polar surface area (TPSA) is 52.1 Å². The van der Waals surface area contributed by atoms with Gasteiger partial charge in [-0.3, -0.25) is 0 Å². The van der Waals surface area contributed by atoms with Crippen molar-refractivity contribution in [3.05, 3.63) is 76.8 Å². The summed E-state index contributed by atoms with van der Waals surface area (Å²) in [6.45, 7) is 6.96. The third-order valence-corrected chi connectivity index (χ3v) is 5.22. The molecule has 31 heavy (non-hydrogen) atoms. The fourth-order valence-electron chi connectivity index (χ4n) is 3.71. The highest BCUT2D eigenvalue weighted by molar-refractivity contribution is 5.81. The Balaban J connectivity index is 1.91. The Morgan fingerprint density at radius 3 is 2.55 bits per heavy atom. The number of halogens is 4. The van der Waals surface area contributed by atoms with Crippen molar-refractivity contribution >= 4 is 5.57 Å². The number of allylic oxidation sites excluding steroid dienone is 5. The highest BCUT2D eigenvalue weighted by Gasteiger charge is 2.43. The first-order chi connectivity index (χ1) is 14.8. The van der Waals surface area contributed by atoms with Gasteiger partial charge in [-0.05, 0) is 43.9 Å². The molecule has 0 unspecified atom stereocenters. The highest BCUT2D eigenvalue weighted by Crippen LogP contribution is 2.46. The molecule has 0 amide bonds. The van der Waals surface area contributed by atoms with Crippen LogP contribution in [0.5, 0.6) is 0 Å². The molecule has 0 bridgehead atoms. The molecule has 0 aliphatic heterocycles. The third kappa shape index (κ3) is 3.52. The molecule has 0 N–H and O–H groups in total. The lowest BCUT2D eigenvalue weighted by molar-refractivity contribution is -0.137. The van der Waals surface area contributed by atoms with Crippen LogP contribution < -0.4 is 0 Å². The molecule has 2 aromatic heterocycles. The molecule has 0 radical (unpaired) electrons. The van der Waals surface area contributed by atoms with Gasteiger partial charge in [0, 0.05) is 16.7 Å². The molecule has 1 aromatic carbocycles. The number of rotatable bonds is 4. The monoisotopic (exact) mass is 430 g/mol. The van der Waals surface area contributed by atoms with E-state index in [-0.39, 0.29) is 11.3 Å². The van der Waals surface area contributed by atoms with Crippen molar-refractivity contribution in [1.82, 2.24) is 10.3 Å². The van der Waals surface area contributed by atoms with E-state index in [4.69, 9.17) is 9.05 Å². The van der Waals surface area contributed by atoms with Gasteiger partial charge in [-0.1, -0.05) is 47.3 Å². The number of aromatic nitrogens is 2. The van der Waals surface area contributed by atoms with Crippen molar-refractivity contribution in [2.75, 3.05) is 0 Å². The lowest BCUT2D eigenvalue weighted by atomic mass is 9.87. The maximum absolute atomic E-state index is 14.1. The minimum Gasteiger partial charge on any atom is -0.352 e. The van der Waals surface area contributed by atoms with Gasteiger partial charge in [0.2, 0.25) is 11.5 Å². The molecule has 0 atom stereocenters. The molecule has 4 nitrogen and oxygen atoms in total. The van der Waals surface area contributed by atoms with Crippen LogP contribution in [0.3, 0.4) is 0 Å². The number of benzene rings is 1. The molecule has 3 aromatic rings. The van der Waals surface area contributed by atoms with Gasteiger partial charge in [0.25, 0.3) is 0 Å². The summed E-state index contributed by atoms with van der Waals surface area (Å²) in [6.07, 6.45) is 2.10. The summed E-state index contributed by atoms with van der Waals surface area (Å²) in [4.78, 5) is 0. The third-order valence-electron chi connectivity index (χ3n) is 5.22. The van der Waals surface area contributed by atoms with Crippen LogP contribution in [-0.2, 0) is 19.0 Å². The Morgan fingerprint density at radius 2 is 1.87 bits per heavy atom. The molecule has 0 fully saturated rings. The number of hydrogen-bond donors (Lipinski definition) is 0. The van der Waals surface area contributed by atoms with Crippen molar-refractivity contribution in [2.24, 2.45) is 0 Å². The van der Waals surface area contributed by atoms with Gasteiger partial charge in [0.05, 0.1) is 0 Å². The fraction of sp³-hybridized carbons (Fsp3) is 0.217. The Bertz CT molecular complexity index is 1230. The van der Waals surface area contributed by atoms with E-state index in [1.54, 1.807) is 32.1 Å². The zero-order valence-corrected chi connectivity index (χ0v) is 16.8. The van der Waals surface area contributed by atoms with Crippen LogP contribution in [0.1, 0.15) is 34.9 Å². The number of nitrogens with zero attached hydrogens (tertiary/aromatic N) is 2. The first kappa shape index (κ1) is 20.8. The summed E-state index contributed by atoms with van der Waals surface area (Å²) in [7, 11) is 0. The summed E-state index contributed by atoms with van der Waals surface area (Å²) in [6, 6.07) is 3.05. The van der Waals surface area contributed by atoms with Gasteiger partial charge in [0.15, 0.2) is 0 Å². The van der Waals surface area contributed by atoms with E-state index in [9.17, 15) is 17.6 Å². The van der Waals surface area contributed by atoms with Crippen LogP contribution in [0.15, 0.2) is 52.1 Å². The average molecular weight is 430 g/mol. The zero-order valence-electron chi connectivity index (χ0n) is 16.8. The largest absolute Gasteiger partial charge is 0.422 e. The van der Waals surface area contributed by atoms with Gasteiger partial charge in [-0.2, -0.15) is 13.2 Å². The molecule has 2 heterocycles.